The van der Waals surface area contributed by atoms with E-state index in [4.69, 9.17) is 10.5 Å². The van der Waals surface area contributed by atoms with Crippen molar-refractivity contribution in [3.63, 3.8) is 0 Å². The van der Waals surface area contributed by atoms with Crippen LogP contribution in [0, 0.1) is 0 Å². The number of fused-ring (bicyclic) bond motifs is 1. The van der Waals surface area contributed by atoms with Crippen LogP contribution in [-0.2, 0) is 4.79 Å². The molecule has 1 unspecified atom stereocenters. The molecule has 5 heteroatoms. The number of anilines is 2. The van der Waals surface area contributed by atoms with E-state index in [0.717, 1.165) is 6.54 Å². The molecule has 2 rings (SSSR count). The number of likely N-dealkylation sites (N-methyl/N-ethyl adjacent to an activating group) is 1. The molecule has 0 aromatic heterocycles. The molecule has 92 valence electrons. The third kappa shape index (κ3) is 2.34. The summed E-state index contributed by atoms with van der Waals surface area (Å²) in [4.78, 5) is 13.9. The molecule has 0 saturated heterocycles. The summed E-state index contributed by atoms with van der Waals surface area (Å²) >= 11 is 0. The second kappa shape index (κ2) is 4.63. The summed E-state index contributed by atoms with van der Waals surface area (Å²) in [5.74, 6) is 0.495. The lowest BCUT2D eigenvalue weighted by Crippen LogP contribution is -2.44. The molecule has 1 atom stereocenters. The van der Waals surface area contributed by atoms with Gasteiger partial charge in [0, 0.05) is 6.54 Å². The SMILES string of the molecule is CCN(C)CC1Oc2cccc(N)c2NC1=O. The van der Waals surface area contributed by atoms with Gasteiger partial charge >= 0.3 is 0 Å². The number of ether oxygens (including phenoxy) is 1. The first-order valence-electron chi connectivity index (χ1n) is 5.66. The number of carbonyl (C=O) groups excluding carboxylic acids is 1. The second-order valence-electron chi connectivity index (χ2n) is 4.17. The highest BCUT2D eigenvalue weighted by Crippen LogP contribution is 2.34. The summed E-state index contributed by atoms with van der Waals surface area (Å²) in [6, 6.07) is 5.36. The first-order valence-corrected chi connectivity index (χ1v) is 5.66. The Morgan fingerprint density at radius 3 is 3.00 bits per heavy atom. The van der Waals surface area contributed by atoms with Gasteiger partial charge in [0.25, 0.3) is 5.91 Å². The molecule has 1 amide bonds. The first kappa shape index (κ1) is 11.7. The Balaban J connectivity index is 2.19. The van der Waals surface area contributed by atoms with Crippen LogP contribution < -0.4 is 15.8 Å². The van der Waals surface area contributed by atoms with E-state index in [2.05, 4.69) is 5.32 Å². The zero-order valence-corrected chi connectivity index (χ0v) is 10.1. The Labute approximate surface area is 101 Å². The van der Waals surface area contributed by atoms with Gasteiger partial charge in [-0.15, -0.1) is 0 Å². The van der Waals surface area contributed by atoms with Crippen molar-refractivity contribution < 1.29 is 9.53 Å². The summed E-state index contributed by atoms with van der Waals surface area (Å²) in [5.41, 5.74) is 6.87. The highest BCUT2D eigenvalue weighted by molar-refractivity contribution is 6.00. The number of benzene rings is 1. The Morgan fingerprint density at radius 2 is 2.29 bits per heavy atom. The van der Waals surface area contributed by atoms with Crippen LogP contribution in [0.1, 0.15) is 6.92 Å². The summed E-state index contributed by atoms with van der Waals surface area (Å²) in [5, 5.41) is 2.79. The fourth-order valence-corrected chi connectivity index (χ4v) is 1.72. The standard InChI is InChI=1S/C12H17N3O2/c1-3-15(2)7-10-12(16)14-11-8(13)5-4-6-9(11)17-10/h4-6,10H,3,7,13H2,1-2H3,(H,14,16). The summed E-state index contributed by atoms with van der Waals surface area (Å²) in [7, 11) is 1.95. The minimum atomic E-state index is -0.478. The van der Waals surface area contributed by atoms with Crippen molar-refractivity contribution in [3.8, 4) is 5.75 Å². The lowest BCUT2D eigenvalue weighted by Gasteiger charge is -2.29. The molecule has 0 bridgehead atoms. The highest BCUT2D eigenvalue weighted by atomic mass is 16.5. The Hall–Kier alpha value is -1.75. The monoisotopic (exact) mass is 235 g/mol. The van der Waals surface area contributed by atoms with Crippen molar-refractivity contribution in [1.29, 1.82) is 0 Å². The normalized spacial score (nSPS) is 18.5. The van der Waals surface area contributed by atoms with E-state index in [1.54, 1.807) is 6.07 Å². The summed E-state index contributed by atoms with van der Waals surface area (Å²) in [6.45, 7) is 3.47. The van der Waals surface area contributed by atoms with Gasteiger partial charge < -0.3 is 20.7 Å². The van der Waals surface area contributed by atoms with E-state index in [9.17, 15) is 4.79 Å². The fourth-order valence-electron chi connectivity index (χ4n) is 1.72. The van der Waals surface area contributed by atoms with Gasteiger partial charge in [0.15, 0.2) is 6.10 Å². The van der Waals surface area contributed by atoms with Crippen molar-refractivity contribution in [1.82, 2.24) is 4.90 Å². The van der Waals surface area contributed by atoms with Crippen LogP contribution in [0.4, 0.5) is 11.4 Å². The average molecular weight is 235 g/mol. The number of amides is 1. The smallest absolute Gasteiger partial charge is 0.266 e. The van der Waals surface area contributed by atoms with E-state index < -0.39 is 6.10 Å². The number of nitrogens with zero attached hydrogens (tertiary/aromatic N) is 1. The number of nitrogen functional groups attached to an aromatic ring is 1. The van der Waals surface area contributed by atoms with Crippen molar-refractivity contribution in [2.45, 2.75) is 13.0 Å². The number of nitrogens with two attached hydrogens (primary N) is 1. The number of nitrogens with one attached hydrogen (secondary N) is 1. The van der Waals surface area contributed by atoms with Crippen LogP contribution in [0.2, 0.25) is 0 Å². The van der Waals surface area contributed by atoms with Gasteiger partial charge in [0.1, 0.15) is 11.4 Å². The highest BCUT2D eigenvalue weighted by Gasteiger charge is 2.29. The molecule has 0 spiro atoms. The molecular weight excluding hydrogens is 218 g/mol. The molecule has 1 aliphatic rings. The molecule has 17 heavy (non-hydrogen) atoms. The predicted octanol–water partition coefficient (Wildman–Crippen LogP) is 0.920. The molecule has 1 aliphatic heterocycles. The molecule has 1 aromatic carbocycles. The molecule has 0 radical (unpaired) electrons. The minimum absolute atomic E-state index is 0.143. The second-order valence-corrected chi connectivity index (χ2v) is 4.17. The van der Waals surface area contributed by atoms with Crippen LogP contribution in [0.15, 0.2) is 18.2 Å². The van der Waals surface area contributed by atoms with E-state index in [1.807, 2.05) is 31.0 Å². The summed E-state index contributed by atoms with van der Waals surface area (Å²) < 4.78 is 5.66. The maximum atomic E-state index is 11.8. The van der Waals surface area contributed by atoms with Gasteiger partial charge in [-0.3, -0.25) is 4.79 Å². The topological polar surface area (TPSA) is 67.6 Å². The number of hydrogen-bond donors (Lipinski definition) is 2. The average Bonchev–Trinajstić information content (AvgIpc) is 2.31. The van der Waals surface area contributed by atoms with Gasteiger partial charge in [0.05, 0.1) is 5.69 Å². The van der Waals surface area contributed by atoms with Crippen LogP contribution in [0.3, 0.4) is 0 Å². The van der Waals surface area contributed by atoms with Gasteiger partial charge in [-0.2, -0.15) is 0 Å². The first-order chi connectivity index (χ1) is 8.11. The fraction of sp³-hybridized carbons (Fsp3) is 0.417. The third-order valence-electron chi connectivity index (χ3n) is 2.89. The molecule has 0 aliphatic carbocycles. The third-order valence-corrected chi connectivity index (χ3v) is 2.89. The van der Waals surface area contributed by atoms with Crippen molar-refractivity contribution in [3.05, 3.63) is 18.2 Å². The van der Waals surface area contributed by atoms with Crippen molar-refractivity contribution in [2.75, 3.05) is 31.2 Å². The van der Waals surface area contributed by atoms with Gasteiger partial charge in [-0.05, 0) is 25.7 Å². The molecule has 0 saturated carbocycles. The van der Waals surface area contributed by atoms with Gasteiger partial charge in [0.2, 0.25) is 0 Å². The maximum Gasteiger partial charge on any atom is 0.266 e. The van der Waals surface area contributed by atoms with Crippen LogP contribution >= 0.6 is 0 Å². The lowest BCUT2D eigenvalue weighted by atomic mass is 10.2. The van der Waals surface area contributed by atoms with E-state index in [0.29, 0.717) is 23.7 Å². The van der Waals surface area contributed by atoms with E-state index >= 15 is 0 Å². The van der Waals surface area contributed by atoms with Crippen LogP contribution in [-0.4, -0.2) is 37.0 Å². The zero-order chi connectivity index (χ0) is 12.4. The van der Waals surface area contributed by atoms with Gasteiger partial charge in [-0.25, -0.2) is 0 Å². The van der Waals surface area contributed by atoms with Crippen molar-refractivity contribution >= 4 is 17.3 Å². The van der Waals surface area contributed by atoms with Gasteiger partial charge in [-0.1, -0.05) is 13.0 Å². The predicted molar refractivity (Wildman–Crippen MR) is 67.1 cm³/mol. The Bertz CT molecular complexity index is 434. The maximum absolute atomic E-state index is 11.8. The summed E-state index contributed by atoms with van der Waals surface area (Å²) in [6.07, 6.45) is -0.478. The lowest BCUT2D eigenvalue weighted by molar-refractivity contribution is -0.124. The van der Waals surface area contributed by atoms with E-state index in [1.165, 1.54) is 0 Å². The van der Waals surface area contributed by atoms with Crippen LogP contribution in [0.5, 0.6) is 5.75 Å². The number of hydrogen-bond acceptors (Lipinski definition) is 4. The van der Waals surface area contributed by atoms with Crippen molar-refractivity contribution in [2.24, 2.45) is 0 Å². The Morgan fingerprint density at radius 1 is 1.53 bits per heavy atom. The minimum Gasteiger partial charge on any atom is -0.477 e. The quantitative estimate of drug-likeness (QED) is 0.764. The van der Waals surface area contributed by atoms with E-state index in [-0.39, 0.29) is 5.91 Å². The zero-order valence-electron chi connectivity index (χ0n) is 10.1. The Kier molecular flexibility index (Phi) is 3.19. The number of carbonyl (C=O) groups is 1. The van der Waals surface area contributed by atoms with Crippen LogP contribution in [0.25, 0.3) is 0 Å². The largest absolute Gasteiger partial charge is 0.477 e. The molecule has 5 nitrogen and oxygen atoms in total. The molecule has 0 fully saturated rings. The molecule has 3 N–H and O–H groups in total. The number of rotatable bonds is 3. The molecule has 1 aromatic rings. The molecular formula is C12H17N3O2. The number of para-hydroxylation sites is 1. The molecule has 1 heterocycles.